The molecule has 0 atom stereocenters. The van der Waals surface area contributed by atoms with Gasteiger partial charge >= 0.3 is 5.97 Å². The van der Waals surface area contributed by atoms with Crippen molar-refractivity contribution in [3.05, 3.63) is 31.7 Å². The monoisotopic (exact) mass is 357 g/mol. The minimum Gasteiger partial charge on any atom is -0.455 e. The summed E-state index contributed by atoms with van der Waals surface area (Å²) in [5, 5.41) is 4.36. The summed E-state index contributed by atoms with van der Waals surface area (Å²) >= 11 is 4.82. The van der Waals surface area contributed by atoms with Crippen LogP contribution in [0.1, 0.15) is 32.9 Å². The van der Waals surface area contributed by atoms with Crippen LogP contribution in [0, 0.1) is 13.8 Å². The van der Waals surface area contributed by atoms with E-state index in [2.05, 4.69) is 21.0 Å². The average molecular weight is 358 g/mol. The number of hydrogen-bond donors (Lipinski definition) is 1. The Bertz CT molecular complexity index is 629. The van der Waals surface area contributed by atoms with Gasteiger partial charge in [-0.2, -0.15) is 5.10 Å². The van der Waals surface area contributed by atoms with Gasteiger partial charge in [0.05, 0.1) is 15.9 Å². The number of nitrogen functional groups attached to an aromatic ring is 1. The number of carbonyl (C=O) groups excluding carboxylic acids is 1. The van der Waals surface area contributed by atoms with Gasteiger partial charge in [0, 0.05) is 17.1 Å². The summed E-state index contributed by atoms with van der Waals surface area (Å²) in [6, 6.07) is 1.65. The molecule has 0 fully saturated rings. The van der Waals surface area contributed by atoms with E-state index in [4.69, 9.17) is 10.5 Å². The quantitative estimate of drug-likeness (QED) is 0.852. The lowest BCUT2D eigenvalue weighted by Crippen LogP contribution is -2.09. The summed E-state index contributed by atoms with van der Waals surface area (Å²) in [4.78, 5) is 13.4. The molecular weight excluding hydrogens is 342 g/mol. The van der Waals surface area contributed by atoms with Gasteiger partial charge in [0.25, 0.3) is 0 Å². The molecule has 0 aliphatic carbocycles. The van der Waals surface area contributed by atoms with Crippen LogP contribution < -0.4 is 5.73 Å². The van der Waals surface area contributed by atoms with Crippen LogP contribution in [0.2, 0.25) is 0 Å². The molecule has 0 saturated heterocycles. The minimum absolute atomic E-state index is 0.185. The van der Waals surface area contributed by atoms with Gasteiger partial charge in [-0.15, -0.1) is 11.3 Å². The molecule has 2 rings (SSSR count). The summed E-state index contributed by atoms with van der Waals surface area (Å²) < 4.78 is 8.05. The van der Waals surface area contributed by atoms with E-state index in [1.807, 2.05) is 25.5 Å². The van der Waals surface area contributed by atoms with Crippen LogP contribution in [0.3, 0.4) is 0 Å². The normalized spacial score (nSPS) is 10.8. The molecule has 2 heterocycles. The predicted molar refractivity (Wildman–Crippen MR) is 82.9 cm³/mol. The fourth-order valence-corrected chi connectivity index (χ4v) is 3.04. The number of halogens is 1. The van der Waals surface area contributed by atoms with Crippen molar-refractivity contribution in [3.8, 4) is 0 Å². The first-order chi connectivity index (χ1) is 9.43. The smallest absolute Gasteiger partial charge is 0.348 e. The minimum atomic E-state index is -0.358. The molecule has 0 aromatic carbocycles. The predicted octanol–water partition coefficient (Wildman–Crippen LogP) is 3.28. The molecule has 2 N–H and O–H groups in total. The molecule has 5 nitrogen and oxygen atoms in total. The molecule has 0 amide bonds. The molecule has 0 unspecified atom stereocenters. The maximum Gasteiger partial charge on any atom is 0.348 e. The maximum atomic E-state index is 12.0. The number of nitrogens with zero attached hydrogens (tertiary/aromatic N) is 2. The molecular formula is C13H16BrN3O2S. The zero-order chi connectivity index (χ0) is 14.9. The number of aromatic nitrogens is 2. The third kappa shape index (κ3) is 2.88. The molecule has 0 spiro atoms. The van der Waals surface area contributed by atoms with Gasteiger partial charge in [-0.3, -0.25) is 4.68 Å². The number of nitrogens with two attached hydrogens (primary N) is 1. The largest absolute Gasteiger partial charge is 0.455 e. The summed E-state index contributed by atoms with van der Waals surface area (Å²) in [6.07, 6.45) is 0. The van der Waals surface area contributed by atoms with Crippen molar-refractivity contribution in [2.45, 2.75) is 33.9 Å². The number of anilines is 1. The van der Waals surface area contributed by atoms with E-state index in [1.165, 1.54) is 11.3 Å². The molecule has 0 aliphatic rings. The fourth-order valence-electron chi connectivity index (χ4n) is 1.81. The topological polar surface area (TPSA) is 70.1 Å². The van der Waals surface area contributed by atoms with Crippen molar-refractivity contribution in [3.63, 3.8) is 0 Å². The maximum absolute atomic E-state index is 12.0. The highest BCUT2D eigenvalue weighted by Crippen LogP contribution is 2.25. The van der Waals surface area contributed by atoms with E-state index in [1.54, 1.807) is 6.07 Å². The van der Waals surface area contributed by atoms with E-state index < -0.39 is 0 Å². The number of hydrogen-bond acceptors (Lipinski definition) is 5. The lowest BCUT2D eigenvalue weighted by Gasteiger charge is -2.06. The van der Waals surface area contributed by atoms with Gasteiger partial charge in [-0.25, -0.2) is 4.79 Å². The highest BCUT2D eigenvalue weighted by Gasteiger charge is 2.16. The zero-order valence-electron chi connectivity index (χ0n) is 11.6. The van der Waals surface area contributed by atoms with Crippen molar-refractivity contribution >= 4 is 38.9 Å². The van der Waals surface area contributed by atoms with Gasteiger partial charge in [0.1, 0.15) is 11.5 Å². The highest BCUT2D eigenvalue weighted by molar-refractivity contribution is 9.10. The van der Waals surface area contributed by atoms with Crippen LogP contribution in [0.4, 0.5) is 5.69 Å². The van der Waals surface area contributed by atoms with Crippen molar-refractivity contribution in [1.29, 1.82) is 0 Å². The van der Waals surface area contributed by atoms with Crippen LogP contribution in [0.5, 0.6) is 0 Å². The van der Waals surface area contributed by atoms with Crippen molar-refractivity contribution in [2.24, 2.45) is 0 Å². The Balaban J connectivity index is 2.11. The van der Waals surface area contributed by atoms with Crippen LogP contribution in [-0.2, 0) is 17.9 Å². The van der Waals surface area contributed by atoms with Crippen molar-refractivity contribution < 1.29 is 9.53 Å². The Morgan fingerprint density at radius 2 is 2.25 bits per heavy atom. The molecule has 0 bridgehead atoms. The molecule has 7 heteroatoms. The molecule has 2 aromatic heterocycles. The van der Waals surface area contributed by atoms with Gasteiger partial charge < -0.3 is 10.5 Å². The number of rotatable bonds is 4. The van der Waals surface area contributed by atoms with Crippen LogP contribution in [0.15, 0.2) is 10.5 Å². The Hall–Kier alpha value is -1.34. The van der Waals surface area contributed by atoms with E-state index >= 15 is 0 Å². The fraction of sp³-hybridized carbons (Fsp3) is 0.385. The molecule has 108 valence electrons. The summed E-state index contributed by atoms with van der Waals surface area (Å²) in [6.45, 7) is 6.69. The SMILES string of the molecule is CCn1nc(C)c(Br)c1COC(=O)c1cc(N)c(C)s1. The average Bonchev–Trinajstić information content (AvgIpc) is 2.89. The first kappa shape index (κ1) is 15.1. The summed E-state index contributed by atoms with van der Waals surface area (Å²) in [7, 11) is 0. The lowest BCUT2D eigenvalue weighted by atomic mass is 10.3. The van der Waals surface area contributed by atoms with Crippen LogP contribution in [-0.4, -0.2) is 15.7 Å². The summed E-state index contributed by atoms with van der Waals surface area (Å²) in [5.41, 5.74) is 8.11. The van der Waals surface area contributed by atoms with E-state index in [9.17, 15) is 4.79 Å². The second kappa shape index (κ2) is 5.97. The molecule has 2 aromatic rings. The number of esters is 1. The molecule has 0 radical (unpaired) electrons. The van der Waals surface area contributed by atoms with Gasteiger partial charge in [-0.05, 0) is 42.8 Å². The zero-order valence-corrected chi connectivity index (χ0v) is 14.0. The highest BCUT2D eigenvalue weighted by atomic mass is 79.9. The first-order valence-electron chi connectivity index (χ1n) is 6.18. The Morgan fingerprint density at radius 3 is 2.80 bits per heavy atom. The molecule has 0 saturated carbocycles. The Morgan fingerprint density at radius 1 is 1.55 bits per heavy atom. The van der Waals surface area contributed by atoms with Crippen LogP contribution in [0.25, 0.3) is 0 Å². The molecule has 0 aliphatic heterocycles. The van der Waals surface area contributed by atoms with E-state index in [0.717, 1.165) is 27.3 Å². The summed E-state index contributed by atoms with van der Waals surface area (Å²) in [5.74, 6) is -0.358. The third-order valence-electron chi connectivity index (χ3n) is 2.95. The Kier molecular flexibility index (Phi) is 4.49. The number of carbonyl (C=O) groups is 1. The molecule has 20 heavy (non-hydrogen) atoms. The number of thiophene rings is 1. The van der Waals surface area contributed by atoms with E-state index in [0.29, 0.717) is 10.6 Å². The second-order valence-corrected chi connectivity index (χ2v) is 6.41. The van der Waals surface area contributed by atoms with E-state index in [-0.39, 0.29) is 12.6 Å². The van der Waals surface area contributed by atoms with Crippen molar-refractivity contribution in [2.75, 3.05) is 5.73 Å². The van der Waals surface area contributed by atoms with Gasteiger partial charge in [0.2, 0.25) is 0 Å². The van der Waals surface area contributed by atoms with Crippen LogP contribution >= 0.6 is 27.3 Å². The number of ether oxygens (including phenoxy) is 1. The lowest BCUT2D eigenvalue weighted by molar-refractivity contribution is 0.0467. The third-order valence-corrected chi connectivity index (χ3v) is 5.03. The van der Waals surface area contributed by atoms with Crippen molar-refractivity contribution in [1.82, 2.24) is 9.78 Å². The van der Waals surface area contributed by atoms with Gasteiger partial charge in [-0.1, -0.05) is 0 Å². The first-order valence-corrected chi connectivity index (χ1v) is 7.79. The Labute approximate surface area is 129 Å². The second-order valence-electron chi connectivity index (χ2n) is 4.36. The number of aryl methyl sites for hydroxylation is 3. The van der Waals surface area contributed by atoms with Gasteiger partial charge in [0.15, 0.2) is 0 Å². The standard InChI is InChI=1S/C13H16BrN3O2S/c1-4-17-10(12(14)7(2)16-17)6-19-13(18)11-5-9(15)8(3)20-11/h5H,4,6,15H2,1-3H3.